The lowest BCUT2D eigenvalue weighted by Crippen LogP contribution is -2.40. The van der Waals surface area contributed by atoms with Crippen molar-refractivity contribution >= 4 is 0 Å². The Balaban J connectivity index is 2.43. The molecule has 13 heavy (non-hydrogen) atoms. The van der Waals surface area contributed by atoms with Gasteiger partial charge in [-0.3, -0.25) is 0 Å². The van der Waals surface area contributed by atoms with Gasteiger partial charge in [0.05, 0.1) is 0 Å². The molecule has 0 unspecified atom stereocenters. The van der Waals surface area contributed by atoms with Gasteiger partial charge in [0.2, 0.25) is 0 Å². The van der Waals surface area contributed by atoms with E-state index in [-0.39, 0.29) is 0 Å². The third-order valence-corrected chi connectivity index (χ3v) is 2.70. The van der Waals surface area contributed by atoms with Crippen LogP contribution in [0, 0.1) is 13.8 Å². The summed E-state index contributed by atoms with van der Waals surface area (Å²) < 4.78 is 0. The summed E-state index contributed by atoms with van der Waals surface area (Å²) in [7, 11) is 0. The van der Waals surface area contributed by atoms with Crippen LogP contribution in [0.4, 0.5) is 0 Å². The molecule has 0 radical (unpaired) electrons. The Morgan fingerprint density at radius 3 is 2.46 bits per heavy atom. The van der Waals surface area contributed by atoms with Crippen molar-refractivity contribution in [3.8, 4) is 5.75 Å². The molecule has 0 aliphatic carbocycles. The molecule has 2 N–H and O–H groups in total. The van der Waals surface area contributed by atoms with Crippen molar-refractivity contribution in [2.45, 2.75) is 19.8 Å². The van der Waals surface area contributed by atoms with E-state index in [1.807, 2.05) is 13.0 Å². The van der Waals surface area contributed by atoms with Gasteiger partial charge in [-0.1, -0.05) is 6.07 Å². The Bertz CT molecular complexity index is 306. The number of aromatic hydroxyl groups is 1. The highest BCUT2D eigenvalue weighted by atomic mass is 16.3. The molecule has 1 aromatic rings. The summed E-state index contributed by atoms with van der Waals surface area (Å²) in [6, 6.07) is 3.98. The normalized spacial score (nSPS) is 17.1. The quantitative estimate of drug-likeness (QED) is 0.684. The number of benzene rings is 1. The molecule has 0 atom stereocenters. The van der Waals surface area contributed by atoms with E-state index in [0.29, 0.717) is 11.7 Å². The molecule has 1 heterocycles. The lowest BCUT2D eigenvalue weighted by atomic mass is 9.88. The fourth-order valence-electron chi connectivity index (χ4n) is 1.98. The SMILES string of the molecule is Cc1cc(C)c(C2CNC2)c(O)c1. The molecule has 1 fully saturated rings. The number of phenols is 1. The van der Waals surface area contributed by atoms with E-state index in [2.05, 4.69) is 18.3 Å². The molecule has 0 spiro atoms. The molecule has 0 aromatic heterocycles. The number of nitrogens with one attached hydrogen (secondary N) is 1. The van der Waals surface area contributed by atoms with Gasteiger partial charge in [-0.2, -0.15) is 0 Å². The van der Waals surface area contributed by atoms with Gasteiger partial charge < -0.3 is 10.4 Å². The Morgan fingerprint density at radius 2 is 2.00 bits per heavy atom. The van der Waals surface area contributed by atoms with Crippen LogP contribution in [-0.2, 0) is 0 Å². The van der Waals surface area contributed by atoms with Crippen LogP contribution in [0.15, 0.2) is 12.1 Å². The average molecular weight is 177 g/mol. The van der Waals surface area contributed by atoms with Crippen LogP contribution in [0.25, 0.3) is 0 Å². The van der Waals surface area contributed by atoms with Crippen LogP contribution in [0.2, 0.25) is 0 Å². The maximum absolute atomic E-state index is 9.78. The standard InChI is InChI=1S/C11H15NO/c1-7-3-8(2)11(10(13)4-7)9-5-12-6-9/h3-4,9,12-13H,5-6H2,1-2H3. The summed E-state index contributed by atoms with van der Waals surface area (Å²) in [4.78, 5) is 0. The maximum Gasteiger partial charge on any atom is 0.119 e. The molecule has 1 aromatic carbocycles. The molecule has 70 valence electrons. The second kappa shape index (κ2) is 3.04. The third-order valence-electron chi connectivity index (χ3n) is 2.70. The lowest BCUT2D eigenvalue weighted by Gasteiger charge is -2.29. The van der Waals surface area contributed by atoms with Crippen molar-refractivity contribution in [1.82, 2.24) is 5.32 Å². The minimum Gasteiger partial charge on any atom is -0.508 e. The molecular weight excluding hydrogens is 162 g/mol. The molecule has 2 rings (SSSR count). The second-order valence-corrected chi connectivity index (χ2v) is 3.87. The predicted molar refractivity (Wildman–Crippen MR) is 53.2 cm³/mol. The largest absolute Gasteiger partial charge is 0.508 e. The van der Waals surface area contributed by atoms with Crippen molar-refractivity contribution in [1.29, 1.82) is 0 Å². The zero-order valence-corrected chi connectivity index (χ0v) is 8.09. The number of aryl methyl sites for hydroxylation is 2. The van der Waals surface area contributed by atoms with Crippen LogP contribution >= 0.6 is 0 Å². The van der Waals surface area contributed by atoms with Gasteiger partial charge in [-0.05, 0) is 31.0 Å². The van der Waals surface area contributed by atoms with E-state index >= 15 is 0 Å². The average Bonchev–Trinajstić information content (AvgIpc) is 1.92. The van der Waals surface area contributed by atoms with Crippen molar-refractivity contribution in [3.05, 3.63) is 28.8 Å². The van der Waals surface area contributed by atoms with Gasteiger partial charge in [0.25, 0.3) is 0 Å². The van der Waals surface area contributed by atoms with Gasteiger partial charge >= 0.3 is 0 Å². The van der Waals surface area contributed by atoms with E-state index in [4.69, 9.17) is 0 Å². The third kappa shape index (κ3) is 1.42. The Morgan fingerprint density at radius 1 is 1.31 bits per heavy atom. The molecule has 2 nitrogen and oxygen atoms in total. The molecule has 1 saturated heterocycles. The Hall–Kier alpha value is -1.02. The zero-order chi connectivity index (χ0) is 9.42. The highest BCUT2D eigenvalue weighted by Crippen LogP contribution is 2.32. The van der Waals surface area contributed by atoms with Crippen LogP contribution < -0.4 is 5.32 Å². The summed E-state index contributed by atoms with van der Waals surface area (Å²) in [6.45, 7) is 6.07. The summed E-state index contributed by atoms with van der Waals surface area (Å²) in [5.41, 5.74) is 3.47. The van der Waals surface area contributed by atoms with Crippen molar-refractivity contribution < 1.29 is 5.11 Å². The van der Waals surface area contributed by atoms with Crippen LogP contribution in [0.3, 0.4) is 0 Å². The summed E-state index contributed by atoms with van der Waals surface area (Å²) in [5.74, 6) is 0.976. The number of hydrogen-bond donors (Lipinski definition) is 2. The van der Waals surface area contributed by atoms with Gasteiger partial charge in [-0.25, -0.2) is 0 Å². The second-order valence-electron chi connectivity index (χ2n) is 3.87. The first-order valence-corrected chi connectivity index (χ1v) is 4.69. The summed E-state index contributed by atoms with van der Waals surface area (Å²) in [5, 5.41) is 13.0. The molecule has 2 heteroatoms. The molecule has 0 amide bonds. The maximum atomic E-state index is 9.78. The van der Waals surface area contributed by atoms with Crippen LogP contribution in [0.5, 0.6) is 5.75 Å². The van der Waals surface area contributed by atoms with Gasteiger partial charge in [-0.15, -0.1) is 0 Å². The fraction of sp³-hybridized carbons (Fsp3) is 0.455. The van der Waals surface area contributed by atoms with E-state index in [0.717, 1.165) is 24.2 Å². The predicted octanol–water partition coefficient (Wildman–Crippen LogP) is 1.70. The van der Waals surface area contributed by atoms with E-state index in [1.54, 1.807) is 0 Å². The minimum absolute atomic E-state index is 0.462. The number of phenolic OH excluding ortho intramolecular Hbond substituents is 1. The minimum atomic E-state index is 0.462. The van der Waals surface area contributed by atoms with E-state index < -0.39 is 0 Å². The summed E-state index contributed by atoms with van der Waals surface area (Å²) in [6.07, 6.45) is 0. The molecule has 1 aliphatic rings. The summed E-state index contributed by atoms with van der Waals surface area (Å²) >= 11 is 0. The highest BCUT2D eigenvalue weighted by molar-refractivity contribution is 5.45. The molecule has 0 bridgehead atoms. The Kier molecular flexibility index (Phi) is 2.00. The highest BCUT2D eigenvalue weighted by Gasteiger charge is 2.23. The molecular formula is C11H15NO. The first kappa shape index (κ1) is 8.57. The first-order valence-electron chi connectivity index (χ1n) is 4.69. The molecule has 0 saturated carbocycles. The number of rotatable bonds is 1. The molecule has 1 aliphatic heterocycles. The van der Waals surface area contributed by atoms with Crippen molar-refractivity contribution in [2.75, 3.05) is 13.1 Å². The van der Waals surface area contributed by atoms with Gasteiger partial charge in [0.15, 0.2) is 0 Å². The van der Waals surface area contributed by atoms with Crippen LogP contribution in [-0.4, -0.2) is 18.2 Å². The van der Waals surface area contributed by atoms with Crippen molar-refractivity contribution in [3.63, 3.8) is 0 Å². The van der Waals surface area contributed by atoms with Gasteiger partial charge in [0.1, 0.15) is 5.75 Å². The van der Waals surface area contributed by atoms with Crippen molar-refractivity contribution in [2.24, 2.45) is 0 Å². The van der Waals surface area contributed by atoms with E-state index in [1.165, 1.54) is 5.56 Å². The van der Waals surface area contributed by atoms with Gasteiger partial charge in [0, 0.05) is 24.6 Å². The fourth-order valence-corrected chi connectivity index (χ4v) is 1.98. The first-order chi connectivity index (χ1) is 6.18. The van der Waals surface area contributed by atoms with E-state index in [9.17, 15) is 5.11 Å². The lowest BCUT2D eigenvalue weighted by molar-refractivity contribution is 0.411. The Labute approximate surface area is 78.6 Å². The smallest absolute Gasteiger partial charge is 0.119 e. The topological polar surface area (TPSA) is 32.3 Å². The van der Waals surface area contributed by atoms with Crippen LogP contribution in [0.1, 0.15) is 22.6 Å². The monoisotopic (exact) mass is 177 g/mol. The number of hydrogen-bond acceptors (Lipinski definition) is 2. The zero-order valence-electron chi connectivity index (χ0n) is 8.09.